The third kappa shape index (κ3) is 3.39. The standard InChI is InChI=1S/C14H21N3O3/c1-3-5-15-11-7-12(9-13(8-11)17(19)20)16-6-4-14(2,18)10-16/h7-9,15,18H,3-6,10H2,1-2H3. The fourth-order valence-electron chi connectivity index (χ4n) is 2.42. The highest BCUT2D eigenvalue weighted by molar-refractivity contribution is 5.65. The Bertz CT molecular complexity index is 502. The zero-order valence-electron chi connectivity index (χ0n) is 11.9. The highest BCUT2D eigenvalue weighted by atomic mass is 16.6. The molecule has 2 rings (SSSR count). The van der Waals surface area contributed by atoms with E-state index in [0.717, 1.165) is 24.3 Å². The predicted molar refractivity (Wildman–Crippen MR) is 79.3 cm³/mol. The third-order valence-corrected chi connectivity index (χ3v) is 3.51. The molecule has 1 heterocycles. The first kappa shape index (κ1) is 14.6. The second-order valence-electron chi connectivity index (χ2n) is 5.59. The van der Waals surface area contributed by atoms with Gasteiger partial charge in [-0.25, -0.2) is 0 Å². The van der Waals surface area contributed by atoms with Crippen LogP contribution in [0.15, 0.2) is 18.2 Å². The van der Waals surface area contributed by atoms with Crippen LogP contribution in [0.3, 0.4) is 0 Å². The fraction of sp³-hybridized carbons (Fsp3) is 0.571. The first-order valence-corrected chi connectivity index (χ1v) is 6.92. The molecule has 2 N–H and O–H groups in total. The topological polar surface area (TPSA) is 78.6 Å². The summed E-state index contributed by atoms with van der Waals surface area (Å²) in [7, 11) is 0. The molecule has 1 atom stereocenters. The Morgan fingerprint density at radius 3 is 2.80 bits per heavy atom. The molecule has 0 aromatic heterocycles. The lowest BCUT2D eigenvalue weighted by atomic mass is 10.1. The maximum absolute atomic E-state index is 11.0. The normalized spacial score (nSPS) is 22.1. The molecule has 0 saturated carbocycles. The van der Waals surface area contributed by atoms with E-state index in [1.807, 2.05) is 17.9 Å². The Labute approximate surface area is 118 Å². The molecular formula is C14H21N3O3. The highest BCUT2D eigenvalue weighted by Gasteiger charge is 2.32. The van der Waals surface area contributed by atoms with Crippen molar-refractivity contribution in [1.82, 2.24) is 0 Å². The molecule has 1 fully saturated rings. The summed E-state index contributed by atoms with van der Waals surface area (Å²) in [4.78, 5) is 12.6. The van der Waals surface area contributed by atoms with Crippen molar-refractivity contribution in [2.75, 3.05) is 29.9 Å². The Balaban J connectivity index is 2.27. The van der Waals surface area contributed by atoms with Crippen LogP contribution in [0.4, 0.5) is 17.1 Å². The molecule has 1 aliphatic rings. The second-order valence-corrected chi connectivity index (χ2v) is 5.59. The van der Waals surface area contributed by atoms with Crippen LogP contribution >= 0.6 is 0 Å². The first-order valence-electron chi connectivity index (χ1n) is 6.92. The number of hydrogen-bond acceptors (Lipinski definition) is 5. The largest absolute Gasteiger partial charge is 0.388 e. The van der Waals surface area contributed by atoms with Gasteiger partial charge in [0.2, 0.25) is 0 Å². The Morgan fingerprint density at radius 1 is 1.50 bits per heavy atom. The van der Waals surface area contributed by atoms with E-state index in [-0.39, 0.29) is 10.6 Å². The number of nitro benzene ring substituents is 1. The Kier molecular flexibility index (Phi) is 4.13. The van der Waals surface area contributed by atoms with Gasteiger partial charge in [-0.15, -0.1) is 0 Å². The van der Waals surface area contributed by atoms with E-state index < -0.39 is 5.60 Å². The zero-order chi connectivity index (χ0) is 14.8. The van der Waals surface area contributed by atoms with Crippen LogP contribution in [-0.2, 0) is 0 Å². The van der Waals surface area contributed by atoms with Gasteiger partial charge in [-0.05, 0) is 25.8 Å². The minimum absolute atomic E-state index is 0.0765. The van der Waals surface area contributed by atoms with Gasteiger partial charge in [0, 0.05) is 43.1 Å². The number of nitrogens with one attached hydrogen (secondary N) is 1. The van der Waals surface area contributed by atoms with E-state index in [1.54, 1.807) is 19.1 Å². The van der Waals surface area contributed by atoms with Crippen molar-refractivity contribution in [3.8, 4) is 0 Å². The van der Waals surface area contributed by atoms with Gasteiger partial charge in [0.05, 0.1) is 10.5 Å². The number of β-amino-alcohol motifs (C(OH)–C–C–N with tert-alkyl or cyclic N) is 1. The highest BCUT2D eigenvalue weighted by Crippen LogP contribution is 2.31. The quantitative estimate of drug-likeness (QED) is 0.639. The van der Waals surface area contributed by atoms with Crippen molar-refractivity contribution in [2.45, 2.75) is 32.3 Å². The second kappa shape index (κ2) is 5.66. The van der Waals surface area contributed by atoms with E-state index in [4.69, 9.17) is 0 Å². The van der Waals surface area contributed by atoms with Gasteiger partial charge in [0.25, 0.3) is 5.69 Å². The molecule has 1 aromatic rings. The molecule has 0 amide bonds. The summed E-state index contributed by atoms with van der Waals surface area (Å²) >= 11 is 0. The van der Waals surface area contributed by atoms with Crippen molar-refractivity contribution < 1.29 is 10.0 Å². The van der Waals surface area contributed by atoms with Crippen LogP contribution in [0.2, 0.25) is 0 Å². The molecule has 6 nitrogen and oxygen atoms in total. The lowest BCUT2D eigenvalue weighted by Crippen LogP contribution is -2.29. The van der Waals surface area contributed by atoms with Crippen LogP contribution in [0.25, 0.3) is 0 Å². The van der Waals surface area contributed by atoms with E-state index in [0.29, 0.717) is 19.5 Å². The number of aliphatic hydroxyl groups is 1. The van der Waals surface area contributed by atoms with Crippen LogP contribution in [0.5, 0.6) is 0 Å². The van der Waals surface area contributed by atoms with Crippen molar-refractivity contribution in [2.24, 2.45) is 0 Å². The van der Waals surface area contributed by atoms with Crippen LogP contribution in [-0.4, -0.2) is 35.3 Å². The molecule has 6 heteroatoms. The molecule has 0 bridgehead atoms. The molecule has 0 aliphatic carbocycles. The fourth-order valence-corrected chi connectivity index (χ4v) is 2.42. The van der Waals surface area contributed by atoms with Crippen molar-refractivity contribution >= 4 is 17.1 Å². The average molecular weight is 279 g/mol. The molecular weight excluding hydrogens is 258 g/mol. The third-order valence-electron chi connectivity index (χ3n) is 3.51. The maximum Gasteiger partial charge on any atom is 0.273 e. The summed E-state index contributed by atoms with van der Waals surface area (Å²) < 4.78 is 0. The molecule has 1 aromatic carbocycles. The number of hydrogen-bond donors (Lipinski definition) is 2. The SMILES string of the molecule is CCCNc1cc(N2CCC(C)(O)C2)cc([N+](=O)[O-])c1. The molecule has 0 spiro atoms. The number of non-ortho nitro benzene ring substituents is 1. The van der Waals surface area contributed by atoms with E-state index >= 15 is 0 Å². The minimum Gasteiger partial charge on any atom is -0.388 e. The van der Waals surface area contributed by atoms with Gasteiger partial charge in [-0.2, -0.15) is 0 Å². The number of nitrogens with zero attached hydrogens (tertiary/aromatic N) is 2. The molecule has 1 saturated heterocycles. The Hall–Kier alpha value is -1.82. The van der Waals surface area contributed by atoms with Crippen LogP contribution in [0, 0.1) is 10.1 Å². The summed E-state index contributed by atoms with van der Waals surface area (Å²) in [6.07, 6.45) is 1.63. The summed E-state index contributed by atoms with van der Waals surface area (Å²) in [5.74, 6) is 0. The van der Waals surface area contributed by atoms with Crippen molar-refractivity contribution in [3.05, 3.63) is 28.3 Å². The van der Waals surface area contributed by atoms with Gasteiger partial charge in [-0.1, -0.05) is 6.92 Å². The van der Waals surface area contributed by atoms with Gasteiger partial charge in [0.15, 0.2) is 0 Å². The van der Waals surface area contributed by atoms with E-state index in [9.17, 15) is 15.2 Å². The first-order chi connectivity index (χ1) is 9.41. The van der Waals surface area contributed by atoms with E-state index in [2.05, 4.69) is 5.32 Å². The molecule has 1 unspecified atom stereocenters. The summed E-state index contributed by atoms with van der Waals surface area (Å²) in [5, 5.41) is 24.2. The molecule has 0 radical (unpaired) electrons. The summed E-state index contributed by atoms with van der Waals surface area (Å²) in [6.45, 7) is 5.82. The van der Waals surface area contributed by atoms with Crippen LogP contribution in [0.1, 0.15) is 26.7 Å². The summed E-state index contributed by atoms with van der Waals surface area (Å²) in [5.41, 5.74) is 0.896. The number of nitro groups is 1. The Morgan fingerprint density at radius 2 is 2.25 bits per heavy atom. The monoisotopic (exact) mass is 279 g/mol. The number of anilines is 2. The van der Waals surface area contributed by atoms with E-state index in [1.165, 1.54) is 0 Å². The smallest absolute Gasteiger partial charge is 0.273 e. The van der Waals surface area contributed by atoms with Crippen molar-refractivity contribution in [3.63, 3.8) is 0 Å². The minimum atomic E-state index is -0.721. The van der Waals surface area contributed by atoms with Crippen LogP contribution < -0.4 is 10.2 Å². The van der Waals surface area contributed by atoms with Gasteiger partial charge < -0.3 is 15.3 Å². The zero-order valence-corrected chi connectivity index (χ0v) is 11.9. The number of rotatable bonds is 5. The lowest BCUT2D eigenvalue weighted by molar-refractivity contribution is -0.384. The average Bonchev–Trinajstić information content (AvgIpc) is 2.76. The maximum atomic E-state index is 11.0. The van der Waals surface area contributed by atoms with Gasteiger partial charge in [0.1, 0.15) is 0 Å². The summed E-state index contributed by atoms with van der Waals surface area (Å²) in [6, 6.07) is 5.02. The number of benzene rings is 1. The molecule has 1 aliphatic heterocycles. The molecule has 20 heavy (non-hydrogen) atoms. The van der Waals surface area contributed by atoms with Gasteiger partial charge in [-0.3, -0.25) is 10.1 Å². The lowest BCUT2D eigenvalue weighted by Gasteiger charge is -2.21. The predicted octanol–water partition coefficient (Wildman–Crippen LogP) is 2.38. The van der Waals surface area contributed by atoms with Gasteiger partial charge >= 0.3 is 0 Å². The van der Waals surface area contributed by atoms with Crippen molar-refractivity contribution in [1.29, 1.82) is 0 Å². The molecule has 110 valence electrons.